The number of nitrogens with one attached hydrogen (secondary N) is 1. The molecule has 1 aliphatic carbocycles. The number of hydrogen-bond acceptors (Lipinski definition) is 7. The number of thiazole rings is 1. The molecule has 0 unspecified atom stereocenters. The Hall–Kier alpha value is -2.84. The van der Waals surface area contributed by atoms with Gasteiger partial charge in [-0.2, -0.15) is 0 Å². The maximum atomic E-state index is 11.2. The van der Waals surface area contributed by atoms with Crippen molar-refractivity contribution in [2.24, 2.45) is 5.92 Å². The maximum absolute atomic E-state index is 11.2. The molecule has 1 fully saturated rings. The molecule has 0 bridgehead atoms. The Morgan fingerprint density at radius 1 is 1.23 bits per heavy atom. The van der Waals surface area contributed by atoms with Gasteiger partial charge >= 0.3 is 5.97 Å². The summed E-state index contributed by atoms with van der Waals surface area (Å²) in [5, 5.41) is 24.2. The molecule has 1 saturated carbocycles. The topological polar surface area (TPSA) is 108 Å². The van der Waals surface area contributed by atoms with E-state index in [0.29, 0.717) is 38.1 Å². The number of hydrogen-bond donors (Lipinski definition) is 3. The molecule has 3 aromatic rings. The van der Waals surface area contributed by atoms with Gasteiger partial charge in [-0.25, -0.2) is 15.0 Å². The first-order chi connectivity index (χ1) is 14.8. The third-order valence-corrected chi connectivity index (χ3v) is 6.76. The van der Waals surface area contributed by atoms with Crippen molar-refractivity contribution in [3.63, 3.8) is 0 Å². The lowest BCUT2D eigenvalue weighted by Gasteiger charge is -2.34. The van der Waals surface area contributed by atoms with Crippen molar-refractivity contribution in [2.75, 3.05) is 5.32 Å². The molecule has 7 nitrogen and oxygen atoms in total. The van der Waals surface area contributed by atoms with E-state index < -0.39 is 11.6 Å². The highest BCUT2D eigenvalue weighted by Crippen LogP contribution is 2.37. The molecule has 4 rings (SSSR count). The maximum Gasteiger partial charge on any atom is 0.306 e. The van der Waals surface area contributed by atoms with Gasteiger partial charge in [-0.05, 0) is 68.9 Å². The van der Waals surface area contributed by atoms with Gasteiger partial charge in [0.05, 0.1) is 21.4 Å². The fourth-order valence-corrected chi connectivity index (χ4v) is 5.06. The minimum atomic E-state index is -0.872. The molecule has 8 heteroatoms. The number of anilines is 2. The van der Waals surface area contributed by atoms with Crippen LogP contribution in [0.4, 0.5) is 11.6 Å². The molecule has 2 aromatic heterocycles. The third kappa shape index (κ3) is 5.26. The number of nitrogens with zero attached hydrogens (tertiary/aromatic N) is 3. The summed E-state index contributed by atoms with van der Waals surface area (Å²) in [6, 6.07) is 8.05. The first kappa shape index (κ1) is 21.4. The van der Waals surface area contributed by atoms with Crippen LogP contribution >= 0.6 is 11.3 Å². The zero-order valence-corrected chi connectivity index (χ0v) is 18.4. The Kier molecular flexibility index (Phi) is 6.02. The summed E-state index contributed by atoms with van der Waals surface area (Å²) in [4.78, 5) is 25.4. The van der Waals surface area contributed by atoms with E-state index in [-0.39, 0.29) is 5.92 Å². The number of carboxylic acid groups (broad SMARTS) is 1. The van der Waals surface area contributed by atoms with Gasteiger partial charge in [0, 0.05) is 30.2 Å². The van der Waals surface area contributed by atoms with Crippen molar-refractivity contribution in [1.29, 1.82) is 0 Å². The fraction of sp³-hybridized carbons (Fsp3) is 0.391. The van der Waals surface area contributed by atoms with Crippen LogP contribution in [-0.4, -0.2) is 36.7 Å². The number of aliphatic carboxylic acids is 1. The molecule has 31 heavy (non-hydrogen) atoms. The Balaban J connectivity index is 1.48. The van der Waals surface area contributed by atoms with Crippen molar-refractivity contribution in [3.8, 4) is 10.4 Å². The number of aliphatic hydroxyl groups is 1. The van der Waals surface area contributed by atoms with Gasteiger partial charge in [-0.15, -0.1) is 11.3 Å². The number of aryl methyl sites for hydroxylation is 2. The quantitative estimate of drug-likeness (QED) is 0.520. The average Bonchev–Trinajstić information content (AvgIpc) is 3.16. The summed E-state index contributed by atoms with van der Waals surface area (Å²) in [5.41, 5.74) is 3.07. The number of carbonyl (C=O) groups is 1. The van der Waals surface area contributed by atoms with E-state index in [0.717, 1.165) is 32.4 Å². The number of aromatic nitrogens is 3. The molecule has 162 valence electrons. The Bertz CT molecular complexity index is 1090. The molecule has 3 N–H and O–H groups in total. The molecular formula is C23H26N4O3S. The minimum absolute atomic E-state index is 0.345. The van der Waals surface area contributed by atoms with Gasteiger partial charge in [0.1, 0.15) is 0 Å². The molecule has 0 aliphatic heterocycles. The second-order valence-corrected chi connectivity index (χ2v) is 9.48. The highest BCUT2D eigenvalue weighted by atomic mass is 32.1. The predicted molar refractivity (Wildman–Crippen MR) is 121 cm³/mol. The van der Waals surface area contributed by atoms with Crippen molar-refractivity contribution in [2.45, 2.75) is 51.6 Å². The summed E-state index contributed by atoms with van der Waals surface area (Å²) in [6.07, 6.45) is 6.04. The lowest BCUT2D eigenvalue weighted by atomic mass is 9.77. The van der Waals surface area contributed by atoms with Crippen molar-refractivity contribution < 1.29 is 15.0 Å². The van der Waals surface area contributed by atoms with Crippen LogP contribution in [-0.2, 0) is 11.2 Å². The largest absolute Gasteiger partial charge is 0.481 e. The van der Waals surface area contributed by atoms with Gasteiger partial charge in [0.15, 0.2) is 0 Å². The Morgan fingerprint density at radius 3 is 2.71 bits per heavy atom. The first-order valence-corrected chi connectivity index (χ1v) is 11.2. The standard InChI is InChI=1S/C23H26N4O3S/c1-14-9-17(11-18(10-14)27-22-24-8-5-15(2)26-22)19-13-25-20(31-19)12-23(30)6-3-16(4-7-23)21(28)29/h5,8-11,13,16,30H,3-4,6-7,12H2,1-2H3,(H,28,29)(H,24,26,27)/t16-,23-. The van der Waals surface area contributed by atoms with Crippen LogP contribution in [0.3, 0.4) is 0 Å². The number of rotatable bonds is 6. The van der Waals surface area contributed by atoms with Crippen LogP contribution in [0.25, 0.3) is 10.4 Å². The van der Waals surface area contributed by atoms with Gasteiger partial charge < -0.3 is 15.5 Å². The lowest BCUT2D eigenvalue weighted by molar-refractivity contribution is -0.144. The summed E-state index contributed by atoms with van der Waals surface area (Å²) >= 11 is 1.56. The van der Waals surface area contributed by atoms with Gasteiger partial charge in [0.2, 0.25) is 5.95 Å². The smallest absolute Gasteiger partial charge is 0.306 e. The lowest BCUT2D eigenvalue weighted by Crippen LogP contribution is -2.37. The van der Waals surface area contributed by atoms with E-state index in [4.69, 9.17) is 0 Å². The van der Waals surface area contributed by atoms with Crippen LogP contribution < -0.4 is 5.32 Å². The van der Waals surface area contributed by atoms with E-state index in [1.54, 1.807) is 17.5 Å². The third-order valence-electron chi connectivity index (χ3n) is 5.71. The van der Waals surface area contributed by atoms with Crippen LogP contribution in [0, 0.1) is 19.8 Å². The number of carboxylic acids is 1. The van der Waals surface area contributed by atoms with Gasteiger partial charge in [0.25, 0.3) is 0 Å². The molecule has 0 saturated heterocycles. The normalized spacial score (nSPS) is 21.1. The second-order valence-electron chi connectivity index (χ2n) is 8.37. The minimum Gasteiger partial charge on any atom is -0.481 e. The molecule has 1 aliphatic rings. The fourth-order valence-electron chi connectivity index (χ4n) is 4.02. The van der Waals surface area contributed by atoms with E-state index in [2.05, 4.69) is 26.3 Å². The first-order valence-electron chi connectivity index (χ1n) is 10.4. The highest BCUT2D eigenvalue weighted by Gasteiger charge is 2.36. The van der Waals surface area contributed by atoms with Gasteiger partial charge in [-0.1, -0.05) is 6.07 Å². The highest BCUT2D eigenvalue weighted by molar-refractivity contribution is 7.15. The zero-order valence-electron chi connectivity index (χ0n) is 17.6. The van der Waals surface area contributed by atoms with Crippen LogP contribution in [0.2, 0.25) is 0 Å². The average molecular weight is 439 g/mol. The molecule has 0 amide bonds. The van der Waals surface area contributed by atoms with Crippen LogP contribution in [0.15, 0.2) is 36.7 Å². The summed E-state index contributed by atoms with van der Waals surface area (Å²) in [6.45, 7) is 3.97. The summed E-state index contributed by atoms with van der Waals surface area (Å²) in [7, 11) is 0. The van der Waals surface area contributed by atoms with Crippen LogP contribution in [0.5, 0.6) is 0 Å². The van der Waals surface area contributed by atoms with Crippen molar-refractivity contribution in [3.05, 3.63) is 52.9 Å². The van der Waals surface area contributed by atoms with Crippen LogP contribution in [0.1, 0.15) is 41.9 Å². The van der Waals surface area contributed by atoms with E-state index >= 15 is 0 Å². The molecule has 0 atom stereocenters. The Labute approximate surface area is 185 Å². The van der Waals surface area contributed by atoms with Gasteiger partial charge in [-0.3, -0.25) is 4.79 Å². The molecular weight excluding hydrogens is 412 g/mol. The van der Waals surface area contributed by atoms with E-state index in [9.17, 15) is 15.0 Å². The molecule has 1 aromatic carbocycles. The molecule has 0 radical (unpaired) electrons. The van der Waals surface area contributed by atoms with E-state index in [1.165, 1.54) is 0 Å². The zero-order chi connectivity index (χ0) is 22.0. The summed E-state index contributed by atoms with van der Waals surface area (Å²) < 4.78 is 0. The molecule has 2 heterocycles. The predicted octanol–water partition coefficient (Wildman–Crippen LogP) is 4.51. The van der Waals surface area contributed by atoms with E-state index in [1.807, 2.05) is 38.2 Å². The SMILES string of the molecule is Cc1cc(Nc2nccc(C)n2)cc(-c2cnc(C[C@]3(O)CC[C@H](C(=O)O)CC3)s2)c1. The number of benzene rings is 1. The second kappa shape index (κ2) is 8.72. The summed E-state index contributed by atoms with van der Waals surface area (Å²) in [5.74, 6) is -0.554. The monoisotopic (exact) mass is 438 g/mol. The molecule has 0 spiro atoms. The van der Waals surface area contributed by atoms with Crippen molar-refractivity contribution >= 4 is 28.9 Å². The van der Waals surface area contributed by atoms with Crippen molar-refractivity contribution in [1.82, 2.24) is 15.0 Å². The Morgan fingerprint density at radius 2 is 2.00 bits per heavy atom.